The number of fused-ring (bicyclic) bond motifs is 1. The molecule has 32 heavy (non-hydrogen) atoms. The maximum absolute atomic E-state index is 13.6. The highest BCUT2D eigenvalue weighted by molar-refractivity contribution is 5.98. The first-order valence-corrected chi connectivity index (χ1v) is 12.3. The maximum atomic E-state index is 13.6. The zero-order chi connectivity index (χ0) is 22.1. The second-order valence-corrected chi connectivity index (χ2v) is 9.97. The molecule has 3 unspecified atom stereocenters. The fourth-order valence-electron chi connectivity index (χ4n) is 6.56. The number of likely N-dealkylation sites (tertiary alicyclic amines) is 1. The average molecular weight is 432 g/mol. The van der Waals surface area contributed by atoms with E-state index in [1.165, 1.54) is 0 Å². The molecule has 0 bridgehead atoms. The van der Waals surface area contributed by atoms with Crippen LogP contribution in [-0.4, -0.2) is 34.3 Å². The van der Waals surface area contributed by atoms with Crippen molar-refractivity contribution in [1.82, 2.24) is 4.90 Å². The highest BCUT2D eigenvalue weighted by Crippen LogP contribution is 2.48. The molecule has 2 aromatic carbocycles. The summed E-state index contributed by atoms with van der Waals surface area (Å²) in [4.78, 5) is 28.6. The summed E-state index contributed by atoms with van der Waals surface area (Å²) in [5.41, 5.74) is 0.882. The summed E-state index contributed by atoms with van der Waals surface area (Å²) in [7, 11) is 0. The van der Waals surface area contributed by atoms with Crippen molar-refractivity contribution in [2.75, 3.05) is 6.54 Å². The third-order valence-electron chi connectivity index (χ3n) is 8.24. The first-order chi connectivity index (χ1) is 15.6. The molecule has 1 N–H and O–H groups in total. The molecule has 1 saturated heterocycles. The largest absolute Gasteiger partial charge is 0.385 e. The summed E-state index contributed by atoms with van der Waals surface area (Å²) in [5, 5.41) is 11.8. The van der Waals surface area contributed by atoms with Crippen LogP contribution in [0.25, 0.3) is 0 Å². The van der Waals surface area contributed by atoms with Gasteiger partial charge in [-0.3, -0.25) is 9.59 Å². The second-order valence-electron chi connectivity index (χ2n) is 9.97. The van der Waals surface area contributed by atoms with Gasteiger partial charge in [0.1, 0.15) is 0 Å². The van der Waals surface area contributed by atoms with Crippen LogP contribution in [0.2, 0.25) is 0 Å². The molecule has 2 aliphatic carbocycles. The molecule has 0 aromatic heterocycles. The van der Waals surface area contributed by atoms with Crippen LogP contribution < -0.4 is 0 Å². The maximum Gasteiger partial charge on any atom is 0.225 e. The summed E-state index contributed by atoms with van der Waals surface area (Å²) in [5.74, 6) is 0.339. The first-order valence-electron chi connectivity index (χ1n) is 12.3. The molecule has 5 rings (SSSR count). The third kappa shape index (κ3) is 3.79. The fourth-order valence-corrected chi connectivity index (χ4v) is 6.56. The number of carbonyl (C=O) groups is 2. The molecule has 0 spiro atoms. The van der Waals surface area contributed by atoms with Gasteiger partial charge in [-0.25, -0.2) is 0 Å². The molecule has 5 atom stereocenters. The van der Waals surface area contributed by atoms with Gasteiger partial charge in [-0.05, 0) is 44.1 Å². The van der Waals surface area contributed by atoms with Crippen LogP contribution in [0, 0.1) is 17.8 Å². The molecule has 4 nitrogen and oxygen atoms in total. The van der Waals surface area contributed by atoms with Crippen molar-refractivity contribution >= 4 is 11.7 Å². The van der Waals surface area contributed by atoms with Gasteiger partial charge in [-0.15, -0.1) is 0 Å². The fraction of sp³-hybridized carbons (Fsp3) is 0.500. The van der Waals surface area contributed by atoms with E-state index in [2.05, 4.69) is 4.90 Å². The first kappa shape index (κ1) is 21.4. The zero-order valence-corrected chi connectivity index (χ0v) is 18.7. The SMILES string of the molecule is O=C(c1ccccc1)C1CCC(C(=O)N2CCC(O)(c3ccccc3)[C@@H]3CCCC[C@H]32)C1. The lowest BCUT2D eigenvalue weighted by Crippen LogP contribution is -2.59. The zero-order valence-electron chi connectivity index (χ0n) is 18.7. The minimum atomic E-state index is -0.857. The minimum Gasteiger partial charge on any atom is -0.385 e. The molecule has 2 saturated carbocycles. The number of Topliss-reactive ketones (excluding diaryl/α,β-unsaturated/α-hetero) is 1. The standard InChI is InChI=1S/C28H33NO3/c30-26(20-9-3-1-4-10-20)21-15-16-22(19-21)27(31)29-18-17-28(32,23-11-5-2-6-12-23)24-13-7-8-14-25(24)29/h1-6,9-12,21-22,24-25,32H,7-8,13-19H2/t21?,22?,24-,25-,28?/m1/s1. The molecule has 3 aliphatic rings. The summed E-state index contributed by atoms with van der Waals surface area (Å²) in [6.45, 7) is 0.596. The Morgan fingerprint density at radius 1 is 0.844 bits per heavy atom. The Morgan fingerprint density at radius 2 is 1.50 bits per heavy atom. The van der Waals surface area contributed by atoms with E-state index >= 15 is 0 Å². The summed E-state index contributed by atoms with van der Waals surface area (Å²) in [6.07, 6.45) is 6.96. The van der Waals surface area contributed by atoms with Gasteiger partial charge in [0.25, 0.3) is 0 Å². The lowest BCUT2D eigenvalue weighted by Gasteiger charge is -2.53. The summed E-state index contributed by atoms with van der Waals surface area (Å²) in [6, 6.07) is 19.6. The van der Waals surface area contributed by atoms with Gasteiger partial charge in [0, 0.05) is 35.9 Å². The van der Waals surface area contributed by atoms with Gasteiger partial charge >= 0.3 is 0 Å². The van der Waals surface area contributed by atoms with Crippen molar-refractivity contribution in [3.05, 3.63) is 71.8 Å². The number of nitrogens with zero attached hydrogens (tertiary/aromatic N) is 1. The molecule has 4 heteroatoms. The molecule has 3 fully saturated rings. The number of aliphatic hydroxyl groups is 1. The van der Waals surface area contributed by atoms with Gasteiger partial charge in [0.2, 0.25) is 5.91 Å². The normalized spacial score (nSPS) is 32.3. The molecular formula is C28H33NO3. The van der Waals surface area contributed by atoms with Gasteiger partial charge in [0.15, 0.2) is 5.78 Å². The predicted molar refractivity (Wildman–Crippen MR) is 124 cm³/mol. The molecular weight excluding hydrogens is 398 g/mol. The van der Waals surface area contributed by atoms with Gasteiger partial charge in [0.05, 0.1) is 5.60 Å². The number of ketones is 1. The Hall–Kier alpha value is -2.46. The van der Waals surface area contributed by atoms with E-state index in [4.69, 9.17) is 0 Å². The number of piperidine rings is 1. The highest BCUT2D eigenvalue weighted by Gasteiger charge is 2.51. The lowest BCUT2D eigenvalue weighted by atomic mass is 9.66. The van der Waals surface area contributed by atoms with Crippen molar-refractivity contribution in [3.63, 3.8) is 0 Å². The van der Waals surface area contributed by atoms with E-state index in [0.717, 1.165) is 49.7 Å². The third-order valence-corrected chi connectivity index (χ3v) is 8.24. The Morgan fingerprint density at radius 3 is 2.25 bits per heavy atom. The molecule has 1 aliphatic heterocycles. The van der Waals surface area contributed by atoms with E-state index in [1.54, 1.807) is 0 Å². The average Bonchev–Trinajstić information content (AvgIpc) is 3.35. The van der Waals surface area contributed by atoms with Gasteiger partial charge < -0.3 is 10.0 Å². The Balaban J connectivity index is 1.31. The van der Waals surface area contributed by atoms with Crippen molar-refractivity contribution in [2.24, 2.45) is 17.8 Å². The van der Waals surface area contributed by atoms with Crippen LogP contribution in [0.4, 0.5) is 0 Å². The number of hydrogen-bond donors (Lipinski definition) is 1. The van der Waals surface area contributed by atoms with E-state index in [0.29, 0.717) is 19.4 Å². The molecule has 1 heterocycles. The Bertz CT molecular complexity index is 959. The van der Waals surface area contributed by atoms with Crippen LogP contribution in [0.3, 0.4) is 0 Å². The number of amides is 1. The minimum absolute atomic E-state index is 0.0560. The summed E-state index contributed by atoms with van der Waals surface area (Å²) >= 11 is 0. The van der Waals surface area contributed by atoms with Crippen molar-refractivity contribution < 1.29 is 14.7 Å². The Kier molecular flexibility index (Phi) is 5.90. The van der Waals surface area contributed by atoms with Crippen LogP contribution in [0.5, 0.6) is 0 Å². The predicted octanol–water partition coefficient (Wildman–Crippen LogP) is 4.96. The lowest BCUT2D eigenvalue weighted by molar-refractivity contribution is -0.158. The van der Waals surface area contributed by atoms with Gasteiger partial charge in [-0.2, -0.15) is 0 Å². The molecule has 2 aromatic rings. The van der Waals surface area contributed by atoms with E-state index in [1.807, 2.05) is 60.7 Å². The monoisotopic (exact) mass is 431 g/mol. The highest BCUT2D eigenvalue weighted by atomic mass is 16.3. The van der Waals surface area contributed by atoms with Crippen LogP contribution in [0.1, 0.15) is 67.3 Å². The number of hydrogen-bond acceptors (Lipinski definition) is 3. The molecule has 1 amide bonds. The second kappa shape index (κ2) is 8.82. The van der Waals surface area contributed by atoms with E-state index in [9.17, 15) is 14.7 Å². The molecule has 0 radical (unpaired) electrons. The Labute approximate surface area is 190 Å². The summed E-state index contributed by atoms with van der Waals surface area (Å²) < 4.78 is 0. The van der Waals surface area contributed by atoms with E-state index in [-0.39, 0.29) is 35.5 Å². The van der Waals surface area contributed by atoms with Crippen molar-refractivity contribution in [1.29, 1.82) is 0 Å². The number of carbonyl (C=O) groups excluding carboxylic acids is 2. The number of benzene rings is 2. The smallest absolute Gasteiger partial charge is 0.225 e. The topological polar surface area (TPSA) is 57.6 Å². The number of rotatable bonds is 4. The quantitative estimate of drug-likeness (QED) is 0.696. The van der Waals surface area contributed by atoms with Crippen LogP contribution >= 0.6 is 0 Å². The van der Waals surface area contributed by atoms with E-state index < -0.39 is 5.60 Å². The molecule has 168 valence electrons. The van der Waals surface area contributed by atoms with Crippen molar-refractivity contribution in [2.45, 2.75) is 63.0 Å². The van der Waals surface area contributed by atoms with Crippen LogP contribution in [0.15, 0.2) is 60.7 Å². The van der Waals surface area contributed by atoms with Crippen LogP contribution in [-0.2, 0) is 10.4 Å². The van der Waals surface area contributed by atoms with Crippen molar-refractivity contribution in [3.8, 4) is 0 Å². The van der Waals surface area contributed by atoms with Gasteiger partial charge in [-0.1, -0.05) is 73.5 Å².